The number of aliphatic hydroxyl groups is 2. The van der Waals surface area contributed by atoms with Crippen molar-refractivity contribution in [1.82, 2.24) is 9.80 Å². The molecule has 0 aliphatic carbocycles. The van der Waals surface area contributed by atoms with E-state index in [1.54, 1.807) is 13.1 Å². The molecule has 3 atom stereocenters. The molecule has 0 aliphatic heterocycles. The summed E-state index contributed by atoms with van der Waals surface area (Å²) < 4.78 is 5.31. The SMILES string of the molecule is CCN(C)C(=O)Oc1cccc([C@H](C)N(C)C)c1.O=C([O-])[C@H](O)[C@@H](O)C(=O)[O-]. The Kier molecular flexibility index (Phi) is 10.8. The number of rotatable bonds is 7. The van der Waals surface area contributed by atoms with Crippen LogP contribution in [0.5, 0.6) is 5.75 Å². The van der Waals surface area contributed by atoms with E-state index in [1.165, 1.54) is 4.90 Å². The van der Waals surface area contributed by atoms with Crippen LogP contribution in [0.1, 0.15) is 25.5 Å². The van der Waals surface area contributed by atoms with Crippen LogP contribution >= 0.6 is 0 Å². The number of amides is 1. The summed E-state index contributed by atoms with van der Waals surface area (Å²) in [4.78, 5) is 34.6. The third kappa shape index (κ3) is 8.33. The van der Waals surface area contributed by atoms with Crippen LogP contribution in [0.15, 0.2) is 24.3 Å². The molecule has 1 aromatic carbocycles. The molecule has 0 radical (unpaired) electrons. The molecule has 28 heavy (non-hydrogen) atoms. The van der Waals surface area contributed by atoms with Gasteiger partial charge >= 0.3 is 6.09 Å². The molecule has 0 bridgehead atoms. The first-order valence-electron chi connectivity index (χ1n) is 8.39. The maximum Gasteiger partial charge on any atom is 0.414 e. The summed E-state index contributed by atoms with van der Waals surface area (Å²) in [5.41, 5.74) is 1.13. The molecule has 0 aliphatic rings. The molecule has 0 heterocycles. The molecule has 1 rings (SSSR count). The van der Waals surface area contributed by atoms with E-state index >= 15 is 0 Å². The number of hydrogen-bond donors (Lipinski definition) is 2. The number of carboxylic acids is 2. The minimum atomic E-state index is -2.44. The summed E-state index contributed by atoms with van der Waals surface area (Å²) in [6, 6.07) is 7.93. The highest BCUT2D eigenvalue weighted by atomic mass is 16.6. The highest BCUT2D eigenvalue weighted by molar-refractivity contribution is 5.80. The lowest BCUT2D eigenvalue weighted by Crippen LogP contribution is -2.51. The number of aliphatic carboxylic acids is 2. The first kappa shape index (κ1) is 25.3. The summed E-state index contributed by atoms with van der Waals surface area (Å²) in [6.07, 6.45) is -5.21. The molecule has 2 N–H and O–H groups in total. The van der Waals surface area contributed by atoms with Gasteiger partial charge in [-0.15, -0.1) is 0 Å². The van der Waals surface area contributed by atoms with Crippen LogP contribution in [0.4, 0.5) is 4.79 Å². The van der Waals surface area contributed by atoms with Crippen molar-refractivity contribution < 1.29 is 39.5 Å². The van der Waals surface area contributed by atoms with Gasteiger partial charge < -0.3 is 44.6 Å². The molecule has 0 spiro atoms. The molecule has 0 fully saturated rings. The number of carbonyl (C=O) groups is 3. The van der Waals surface area contributed by atoms with E-state index in [4.69, 9.17) is 14.9 Å². The predicted octanol–water partition coefficient (Wildman–Crippen LogP) is -2.03. The van der Waals surface area contributed by atoms with Crippen molar-refractivity contribution in [2.45, 2.75) is 32.1 Å². The Balaban J connectivity index is 0.000000621. The number of aliphatic hydroxyl groups excluding tert-OH is 2. The Morgan fingerprint density at radius 1 is 1.07 bits per heavy atom. The van der Waals surface area contributed by atoms with Crippen LogP contribution in [0, 0.1) is 0 Å². The first-order valence-corrected chi connectivity index (χ1v) is 8.39. The largest absolute Gasteiger partial charge is 0.547 e. The van der Waals surface area contributed by atoms with Gasteiger partial charge in [-0.05, 0) is 45.6 Å². The van der Waals surface area contributed by atoms with Gasteiger partial charge in [0.15, 0.2) is 0 Å². The van der Waals surface area contributed by atoms with Crippen molar-refractivity contribution in [3.8, 4) is 5.75 Å². The van der Waals surface area contributed by atoms with Crippen LogP contribution in [-0.2, 0) is 9.59 Å². The van der Waals surface area contributed by atoms with Gasteiger partial charge in [-0.25, -0.2) is 4.79 Å². The third-order valence-corrected chi connectivity index (χ3v) is 3.89. The monoisotopic (exact) mass is 398 g/mol. The van der Waals surface area contributed by atoms with Crippen LogP contribution in [0.25, 0.3) is 0 Å². The van der Waals surface area contributed by atoms with Gasteiger partial charge in [-0.3, -0.25) is 0 Å². The van der Waals surface area contributed by atoms with Crippen molar-refractivity contribution in [3.05, 3.63) is 29.8 Å². The average molecular weight is 398 g/mol. The summed E-state index contributed by atoms with van der Waals surface area (Å²) in [5, 5.41) is 35.7. The van der Waals surface area contributed by atoms with Crippen LogP contribution in [-0.4, -0.2) is 77.9 Å². The zero-order valence-corrected chi connectivity index (χ0v) is 16.5. The molecule has 0 saturated heterocycles. The first-order chi connectivity index (χ1) is 12.9. The Morgan fingerprint density at radius 3 is 1.96 bits per heavy atom. The zero-order valence-electron chi connectivity index (χ0n) is 16.5. The van der Waals surface area contributed by atoms with E-state index in [0.717, 1.165) is 5.56 Å². The number of ether oxygens (including phenoxy) is 1. The van der Waals surface area contributed by atoms with Gasteiger partial charge in [0.25, 0.3) is 0 Å². The van der Waals surface area contributed by atoms with Crippen molar-refractivity contribution in [2.75, 3.05) is 27.7 Å². The molecule has 1 aromatic rings. The molecular formula is C18H26N2O8-2. The highest BCUT2D eigenvalue weighted by Gasteiger charge is 2.17. The smallest absolute Gasteiger partial charge is 0.414 e. The van der Waals surface area contributed by atoms with Gasteiger partial charge in [-0.2, -0.15) is 0 Å². The Labute approximate surface area is 163 Å². The lowest BCUT2D eigenvalue weighted by molar-refractivity contribution is -0.333. The lowest BCUT2D eigenvalue weighted by atomic mass is 10.1. The number of hydrogen-bond acceptors (Lipinski definition) is 9. The van der Waals surface area contributed by atoms with E-state index in [0.29, 0.717) is 12.3 Å². The summed E-state index contributed by atoms with van der Waals surface area (Å²) in [7, 11) is 5.76. The summed E-state index contributed by atoms with van der Waals surface area (Å²) in [6.45, 7) is 4.65. The maximum atomic E-state index is 11.7. The molecular weight excluding hydrogens is 372 g/mol. The molecule has 10 nitrogen and oxygen atoms in total. The van der Waals surface area contributed by atoms with E-state index < -0.39 is 24.1 Å². The van der Waals surface area contributed by atoms with E-state index in [9.17, 15) is 24.6 Å². The lowest BCUT2D eigenvalue weighted by Gasteiger charge is -2.21. The van der Waals surface area contributed by atoms with Gasteiger partial charge in [-0.1, -0.05) is 12.1 Å². The summed E-state index contributed by atoms with van der Waals surface area (Å²) >= 11 is 0. The minimum absolute atomic E-state index is 0.285. The van der Waals surface area contributed by atoms with E-state index in [-0.39, 0.29) is 12.1 Å². The summed E-state index contributed by atoms with van der Waals surface area (Å²) in [5.74, 6) is -3.53. The Hall–Kier alpha value is -2.69. The third-order valence-electron chi connectivity index (χ3n) is 3.89. The van der Waals surface area contributed by atoms with Gasteiger partial charge in [0.1, 0.15) is 18.0 Å². The van der Waals surface area contributed by atoms with E-state index in [1.807, 2.05) is 39.2 Å². The molecule has 1 amide bonds. The second-order valence-electron chi connectivity index (χ2n) is 6.12. The van der Waals surface area contributed by atoms with E-state index in [2.05, 4.69) is 11.8 Å². The quantitative estimate of drug-likeness (QED) is 0.529. The normalized spacial score (nSPS) is 13.6. The Morgan fingerprint density at radius 2 is 1.57 bits per heavy atom. The van der Waals surface area contributed by atoms with Gasteiger partial charge in [0.05, 0.1) is 11.9 Å². The van der Waals surface area contributed by atoms with Gasteiger partial charge in [0, 0.05) is 19.6 Å². The van der Waals surface area contributed by atoms with Crippen molar-refractivity contribution in [2.24, 2.45) is 0 Å². The molecule has 0 aromatic heterocycles. The fraction of sp³-hybridized carbons (Fsp3) is 0.500. The van der Waals surface area contributed by atoms with Crippen molar-refractivity contribution >= 4 is 18.0 Å². The van der Waals surface area contributed by atoms with Crippen LogP contribution < -0.4 is 14.9 Å². The number of carbonyl (C=O) groups excluding carboxylic acids is 3. The second kappa shape index (κ2) is 11.9. The number of carboxylic acid groups (broad SMARTS) is 2. The fourth-order valence-corrected chi connectivity index (χ4v) is 1.70. The standard InChI is InChI=1S/C14H22N2O2.C4H6O6/c1-6-16(5)14(17)18-13-9-7-8-12(10-13)11(2)15(3)4;5-1(3(7)8)2(6)4(9)10/h7-11H,6H2,1-5H3;1-2,5-6H,(H,7,8)(H,9,10)/p-2/t11-;1-,2-/m01/s1. The molecule has 0 saturated carbocycles. The Bertz CT molecular complexity index is 647. The van der Waals surface area contributed by atoms with Crippen LogP contribution in [0.3, 0.4) is 0 Å². The van der Waals surface area contributed by atoms with Crippen molar-refractivity contribution in [1.29, 1.82) is 0 Å². The fourth-order valence-electron chi connectivity index (χ4n) is 1.70. The zero-order chi connectivity index (χ0) is 22.0. The average Bonchev–Trinajstić information content (AvgIpc) is 2.65. The topological polar surface area (TPSA) is 154 Å². The minimum Gasteiger partial charge on any atom is -0.547 e. The number of nitrogens with zero attached hydrogens (tertiary/aromatic N) is 2. The van der Waals surface area contributed by atoms with Crippen LogP contribution in [0.2, 0.25) is 0 Å². The maximum absolute atomic E-state index is 11.7. The molecule has 158 valence electrons. The van der Waals surface area contributed by atoms with Gasteiger partial charge in [0.2, 0.25) is 0 Å². The molecule has 0 unspecified atom stereocenters. The van der Waals surface area contributed by atoms with Crippen molar-refractivity contribution in [3.63, 3.8) is 0 Å². The number of benzene rings is 1. The second-order valence-corrected chi connectivity index (χ2v) is 6.12. The molecule has 10 heteroatoms. The highest BCUT2D eigenvalue weighted by Crippen LogP contribution is 2.22. The predicted molar refractivity (Wildman–Crippen MR) is 94.9 cm³/mol.